The zero-order valence-corrected chi connectivity index (χ0v) is 8.99. The molecule has 76 valence electrons. The first kappa shape index (κ1) is 9.93. The Morgan fingerprint density at radius 1 is 1.20 bits per heavy atom. The number of anilines is 1. The van der Waals surface area contributed by atoms with Gasteiger partial charge in [-0.3, -0.25) is 0 Å². The molecular weight excluding hydrogens is 210 g/mol. The summed E-state index contributed by atoms with van der Waals surface area (Å²) >= 11 is 6.05. The topological polar surface area (TPSA) is 51.8 Å². The van der Waals surface area contributed by atoms with E-state index >= 15 is 0 Å². The SMILES string of the molecule is Cc1ccccc1-c1ncnc(N)c1Cl. The minimum absolute atomic E-state index is 0.310. The lowest BCUT2D eigenvalue weighted by molar-refractivity contribution is 1.18. The van der Waals surface area contributed by atoms with Gasteiger partial charge in [-0.1, -0.05) is 35.9 Å². The molecule has 3 nitrogen and oxygen atoms in total. The highest BCUT2D eigenvalue weighted by Crippen LogP contribution is 2.30. The number of aromatic nitrogens is 2. The van der Waals surface area contributed by atoms with Gasteiger partial charge in [-0.25, -0.2) is 9.97 Å². The number of rotatable bonds is 1. The average Bonchev–Trinajstić information content (AvgIpc) is 2.23. The Morgan fingerprint density at radius 2 is 1.93 bits per heavy atom. The van der Waals surface area contributed by atoms with Gasteiger partial charge >= 0.3 is 0 Å². The number of aryl methyl sites for hydroxylation is 1. The maximum atomic E-state index is 6.05. The van der Waals surface area contributed by atoms with Crippen LogP contribution in [-0.2, 0) is 0 Å². The molecule has 0 aliphatic carbocycles. The van der Waals surface area contributed by atoms with Crippen LogP contribution in [0, 0.1) is 6.92 Å². The van der Waals surface area contributed by atoms with Crippen molar-refractivity contribution in [3.8, 4) is 11.3 Å². The fraction of sp³-hybridized carbons (Fsp3) is 0.0909. The largest absolute Gasteiger partial charge is 0.382 e. The van der Waals surface area contributed by atoms with Crippen LogP contribution in [0.5, 0.6) is 0 Å². The maximum absolute atomic E-state index is 6.05. The summed E-state index contributed by atoms with van der Waals surface area (Å²) in [5.41, 5.74) is 8.40. The van der Waals surface area contributed by atoms with E-state index in [-0.39, 0.29) is 0 Å². The molecule has 0 amide bonds. The molecule has 1 aromatic heterocycles. The monoisotopic (exact) mass is 219 g/mol. The third-order valence-electron chi connectivity index (χ3n) is 2.22. The molecule has 15 heavy (non-hydrogen) atoms. The highest BCUT2D eigenvalue weighted by Gasteiger charge is 2.10. The van der Waals surface area contributed by atoms with Crippen LogP contribution in [0.15, 0.2) is 30.6 Å². The number of benzene rings is 1. The van der Waals surface area contributed by atoms with E-state index in [1.165, 1.54) is 6.33 Å². The molecule has 0 radical (unpaired) electrons. The van der Waals surface area contributed by atoms with Crippen LogP contribution in [0.4, 0.5) is 5.82 Å². The molecule has 0 aliphatic rings. The summed E-state index contributed by atoms with van der Waals surface area (Å²) in [5, 5.41) is 0.409. The van der Waals surface area contributed by atoms with Gasteiger partial charge in [0.2, 0.25) is 0 Å². The van der Waals surface area contributed by atoms with Gasteiger partial charge in [0.1, 0.15) is 17.2 Å². The van der Waals surface area contributed by atoms with Gasteiger partial charge in [0.25, 0.3) is 0 Å². The normalized spacial score (nSPS) is 10.3. The van der Waals surface area contributed by atoms with Crippen molar-refractivity contribution in [2.24, 2.45) is 0 Å². The molecule has 1 heterocycles. The van der Waals surface area contributed by atoms with Crippen molar-refractivity contribution in [1.82, 2.24) is 9.97 Å². The molecule has 0 saturated carbocycles. The summed E-state index contributed by atoms with van der Waals surface area (Å²) in [7, 11) is 0. The minimum atomic E-state index is 0.310. The van der Waals surface area contributed by atoms with Crippen LogP contribution >= 0.6 is 11.6 Å². The van der Waals surface area contributed by atoms with Crippen molar-refractivity contribution in [3.63, 3.8) is 0 Å². The summed E-state index contributed by atoms with van der Waals surface area (Å²) in [4.78, 5) is 7.98. The predicted octanol–water partition coefficient (Wildman–Crippen LogP) is 2.69. The molecule has 0 spiro atoms. The summed E-state index contributed by atoms with van der Waals surface area (Å²) in [6.45, 7) is 2.00. The zero-order valence-electron chi connectivity index (χ0n) is 8.24. The minimum Gasteiger partial charge on any atom is -0.382 e. The van der Waals surface area contributed by atoms with E-state index in [9.17, 15) is 0 Å². The highest BCUT2D eigenvalue weighted by molar-refractivity contribution is 6.35. The summed E-state index contributed by atoms with van der Waals surface area (Å²) < 4.78 is 0. The Morgan fingerprint density at radius 3 is 2.67 bits per heavy atom. The van der Waals surface area contributed by atoms with Crippen LogP contribution < -0.4 is 5.73 Å². The van der Waals surface area contributed by atoms with E-state index in [1.54, 1.807) is 0 Å². The first-order valence-electron chi connectivity index (χ1n) is 4.52. The number of hydrogen-bond acceptors (Lipinski definition) is 3. The van der Waals surface area contributed by atoms with Gasteiger partial charge in [0.15, 0.2) is 0 Å². The quantitative estimate of drug-likeness (QED) is 0.802. The van der Waals surface area contributed by atoms with Crippen molar-refractivity contribution in [1.29, 1.82) is 0 Å². The van der Waals surface area contributed by atoms with E-state index in [4.69, 9.17) is 17.3 Å². The molecule has 2 aromatic rings. The standard InChI is InChI=1S/C11H10ClN3/c1-7-4-2-3-5-8(7)10-9(12)11(13)15-6-14-10/h2-6H,1H3,(H2,13,14,15). The molecule has 2 N–H and O–H groups in total. The van der Waals surface area contributed by atoms with Crippen molar-refractivity contribution in [2.75, 3.05) is 5.73 Å². The Hall–Kier alpha value is -1.61. The van der Waals surface area contributed by atoms with Crippen LogP contribution in [-0.4, -0.2) is 9.97 Å². The molecule has 0 unspecified atom stereocenters. The van der Waals surface area contributed by atoms with Crippen LogP contribution in [0.2, 0.25) is 5.02 Å². The fourth-order valence-corrected chi connectivity index (χ4v) is 1.61. The van der Waals surface area contributed by atoms with E-state index in [2.05, 4.69) is 9.97 Å². The third-order valence-corrected chi connectivity index (χ3v) is 2.59. The van der Waals surface area contributed by atoms with Gasteiger partial charge in [-0.2, -0.15) is 0 Å². The number of nitrogens with zero attached hydrogens (tertiary/aromatic N) is 2. The number of nitrogen functional groups attached to an aromatic ring is 1. The van der Waals surface area contributed by atoms with Gasteiger partial charge in [-0.15, -0.1) is 0 Å². The Labute approximate surface area is 92.9 Å². The highest BCUT2D eigenvalue weighted by atomic mass is 35.5. The third kappa shape index (κ3) is 1.78. The zero-order chi connectivity index (χ0) is 10.8. The van der Waals surface area contributed by atoms with E-state index in [0.29, 0.717) is 16.5 Å². The van der Waals surface area contributed by atoms with Crippen LogP contribution in [0.25, 0.3) is 11.3 Å². The Bertz CT molecular complexity index is 497. The number of nitrogens with two attached hydrogens (primary N) is 1. The first-order chi connectivity index (χ1) is 7.20. The van der Waals surface area contributed by atoms with Crippen molar-refractivity contribution >= 4 is 17.4 Å². The molecule has 0 bridgehead atoms. The second kappa shape index (κ2) is 3.87. The maximum Gasteiger partial charge on any atom is 0.146 e. The van der Waals surface area contributed by atoms with Crippen molar-refractivity contribution in [3.05, 3.63) is 41.2 Å². The molecule has 1 aromatic carbocycles. The Balaban J connectivity index is 2.65. The number of hydrogen-bond donors (Lipinski definition) is 1. The van der Waals surface area contributed by atoms with Gasteiger partial charge in [-0.05, 0) is 12.5 Å². The second-order valence-corrected chi connectivity index (χ2v) is 3.61. The van der Waals surface area contributed by atoms with Gasteiger partial charge < -0.3 is 5.73 Å². The van der Waals surface area contributed by atoms with E-state index in [0.717, 1.165) is 11.1 Å². The summed E-state index contributed by atoms with van der Waals surface area (Å²) in [5.74, 6) is 0.310. The van der Waals surface area contributed by atoms with Crippen molar-refractivity contribution < 1.29 is 0 Å². The van der Waals surface area contributed by atoms with E-state index < -0.39 is 0 Å². The first-order valence-corrected chi connectivity index (χ1v) is 4.90. The summed E-state index contributed by atoms with van der Waals surface area (Å²) in [6, 6.07) is 7.88. The predicted molar refractivity (Wildman–Crippen MR) is 61.6 cm³/mol. The lowest BCUT2D eigenvalue weighted by Crippen LogP contribution is -1.96. The molecule has 2 rings (SSSR count). The van der Waals surface area contributed by atoms with E-state index in [1.807, 2.05) is 31.2 Å². The summed E-state index contributed by atoms with van der Waals surface area (Å²) in [6.07, 6.45) is 1.42. The van der Waals surface area contributed by atoms with Crippen LogP contribution in [0.1, 0.15) is 5.56 Å². The molecular formula is C11H10ClN3. The van der Waals surface area contributed by atoms with Crippen molar-refractivity contribution in [2.45, 2.75) is 6.92 Å². The lowest BCUT2D eigenvalue weighted by Gasteiger charge is -2.07. The average molecular weight is 220 g/mol. The molecule has 0 fully saturated rings. The molecule has 0 saturated heterocycles. The lowest BCUT2D eigenvalue weighted by atomic mass is 10.1. The number of halogens is 1. The van der Waals surface area contributed by atoms with Crippen LogP contribution in [0.3, 0.4) is 0 Å². The molecule has 0 aliphatic heterocycles. The molecule has 0 atom stereocenters. The van der Waals surface area contributed by atoms with Gasteiger partial charge in [0.05, 0.1) is 5.69 Å². The molecule has 4 heteroatoms. The fourth-order valence-electron chi connectivity index (χ4n) is 1.41. The Kier molecular flexibility index (Phi) is 2.56. The smallest absolute Gasteiger partial charge is 0.146 e. The second-order valence-electron chi connectivity index (χ2n) is 3.24. The van der Waals surface area contributed by atoms with Gasteiger partial charge in [0, 0.05) is 5.56 Å².